The van der Waals surface area contributed by atoms with Crippen molar-refractivity contribution in [1.29, 1.82) is 0 Å². The third-order valence-electron chi connectivity index (χ3n) is 5.22. The molecule has 0 aliphatic carbocycles. The SMILES string of the molecule is COc1ccc(CNC(=O)Cn2c(=O)n(-c3ccc(C)cc3)c3ncccc32)cc1OC. The Balaban J connectivity index is 1.58. The molecule has 2 aromatic carbocycles. The molecular weight excluding hydrogens is 408 g/mol. The topological polar surface area (TPSA) is 87.4 Å². The zero-order valence-corrected chi connectivity index (χ0v) is 18.2. The summed E-state index contributed by atoms with van der Waals surface area (Å²) in [7, 11) is 3.13. The first-order chi connectivity index (χ1) is 15.5. The fourth-order valence-electron chi connectivity index (χ4n) is 3.56. The van der Waals surface area contributed by atoms with Gasteiger partial charge < -0.3 is 14.8 Å². The molecule has 0 radical (unpaired) electrons. The van der Waals surface area contributed by atoms with E-state index in [2.05, 4.69) is 10.3 Å². The van der Waals surface area contributed by atoms with Crippen molar-refractivity contribution in [3.63, 3.8) is 0 Å². The first-order valence-corrected chi connectivity index (χ1v) is 10.1. The Morgan fingerprint density at radius 2 is 1.78 bits per heavy atom. The van der Waals surface area contributed by atoms with Gasteiger partial charge in [0.1, 0.15) is 6.54 Å². The summed E-state index contributed by atoms with van der Waals surface area (Å²) in [6.07, 6.45) is 1.63. The zero-order valence-electron chi connectivity index (χ0n) is 18.2. The molecule has 0 atom stereocenters. The molecule has 0 bridgehead atoms. The minimum absolute atomic E-state index is 0.118. The molecule has 0 unspecified atom stereocenters. The van der Waals surface area contributed by atoms with Crippen LogP contribution in [0, 0.1) is 6.92 Å². The van der Waals surface area contributed by atoms with Gasteiger partial charge in [0.2, 0.25) is 5.91 Å². The maximum atomic E-state index is 13.2. The highest BCUT2D eigenvalue weighted by Gasteiger charge is 2.17. The second-order valence-electron chi connectivity index (χ2n) is 7.35. The van der Waals surface area contributed by atoms with Gasteiger partial charge in [-0.3, -0.25) is 9.36 Å². The van der Waals surface area contributed by atoms with Gasteiger partial charge in [-0.2, -0.15) is 0 Å². The molecule has 2 heterocycles. The molecule has 8 nitrogen and oxygen atoms in total. The molecule has 0 spiro atoms. The van der Waals surface area contributed by atoms with Crippen molar-refractivity contribution in [2.75, 3.05) is 14.2 Å². The van der Waals surface area contributed by atoms with Gasteiger partial charge in [0.25, 0.3) is 0 Å². The van der Waals surface area contributed by atoms with Crippen LogP contribution in [0.4, 0.5) is 0 Å². The highest BCUT2D eigenvalue weighted by Crippen LogP contribution is 2.27. The van der Waals surface area contributed by atoms with Crippen LogP contribution in [0.15, 0.2) is 65.6 Å². The number of hydrogen-bond acceptors (Lipinski definition) is 5. The summed E-state index contributed by atoms with van der Waals surface area (Å²) in [5.74, 6) is 0.918. The predicted octanol–water partition coefficient (Wildman–Crippen LogP) is 2.83. The normalized spacial score (nSPS) is 10.8. The van der Waals surface area contributed by atoms with Crippen LogP contribution in [0.25, 0.3) is 16.9 Å². The van der Waals surface area contributed by atoms with E-state index < -0.39 is 0 Å². The van der Waals surface area contributed by atoms with Crippen molar-refractivity contribution in [3.8, 4) is 17.2 Å². The van der Waals surface area contributed by atoms with E-state index >= 15 is 0 Å². The summed E-state index contributed by atoms with van der Waals surface area (Å²) in [6, 6.07) is 16.6. The van der Waals surface area contributed by atoms with E-state index in [1.807, 2.05) is 37.3 Å². The fourth-order valence-corrected chi connectivity index (χ4v) is 3.56. The molecule has 0 aliphatic rings. The number of fused-ring (bicyclic) bond motifs is 1. The second kappa shape index (κ2) is 8.97. The number of aryl methyl sites for hydroxylation is 1. The zero-order chi connectivity index (χ0) is 22.7. The van der Waals surface area contributed by atoms with Gasteiger partial charge in [-0.25, -0.2) is 14.3 Å². The lowest BCUT2D eigenvalue weighted by Crippen LogP contribution is -2.32. The Hall–Kier alpha value is -4.07. The fraction of sp³-hybridized carbons (Fsp3) is 0.208. The third-order valence-corrected chi connectivity index (χ3v) is 5.22. The van der Waals surface area contributed by atoms with E-state index in [-0.39, 0.29) is 18.1 Å². The van der Waals surface area contributed by atoms with Gasteiger partial charge in [-0.05, 0) is 48.9 Å². The number of carbonyl (C=O) groups excluding carboxylic acids is 1. The van der Waals surface area contributed by atoms with E-state index in [0.717, 1.165) is 11.1 Å². The molecule has 2 aromatic heterocycles. The van der Waals surface area contributed by atoms with Gasteiger partial charge >= 0.3 is 5.69 Å². The summed E-state index contributed by atoms with van der Waals surface area (Å²) < 4.78 is 13.5. The van der Waals surface area contributed by atoms with Crippen LogP contribution in [0.2, 0.25) is 0 Å². The first kappa shape index (κ1) is 21.2. The number of rotatable bonds is 7. The number of hydrogen-bond donors (Lipinski definition) is 1. The van der Waals surface area contributed by atoms with E-state index in [4.69, 9.17) is 9.47 Å². The number of pyridine rings is 1. The average molecular weight is 432 g/mol. The second-order valence-corrected chi connectivity index (χ2v) is 7.35. The predicted molar refractivity (Wildman–Crippen MR) is 121 cm³/mol. The Morgan fingerprint density at radius 3 is 2.50 bits per heavy atom. The summed E-state index contributed by atoms with van der Waals surface area (Å²) in [4.78, 5) is 30.3. The standard InChI is InChI=1S/C24H24N4O4/c1-16-6-9-18(10-7-16)28-23-19(5-4-12-25-23)27(24(28)30)15-22(29)26-14-17-8-11-20(31-2)21(13-17)32-3/h4-13H,14-15H2,1-3H3,(H,26,29). The molecule has 0 saturated heterocycles. The maximum Gasteiger partial charge on any atom is 0.335 e. The number of carbonyl (C=O) groups is 1. The number of imidazole rings is 1. The average Bonchev–Trinajstić information content (AvgIpc) is 3.09. The largest absolute Gasteiger partial charge is 0.493 e. The number of amides is 1. The number of methoxy groups -OCH3 is 2. The first-order valence-electron chi connectivity index (χ1n) is 10.1. The van der Waals surface area contributed by atoms with Crippen LogP contribution in [0.1, 0.15) is 11.1 Å². The van der Waals surface area contributed by atoms with Crippen molar-refractivity contribution >= 4 is 17.1 Å². The van der Waals surface area contributed by atoms with Crippen LogP contribution < -0.4 is 20.5 Å². The van der Waals surface area contributed by atoms with E-state index in [1.165, 1.54) is 9.13 Å². The number of ether oxygens (including phenoxy) is 2. The molecule has 4 aromatic rings. The molecule has 0 fully saturated rings. The Morgan fingerprint density at radius 1 is 1.03 bits per heavy atom. The van der Waals surface area contributed by atoms with Crippen molar-refractivity contribution in [3.05, 3.63) is 82.4 Å². The lowest BCUT2D eigenvalue weighted by molar-refractivity contribution is -0.121. The molecule has 0 saturated carbocycles. The number of aromatic nitrogens is 3. The number of nitrogens with one attached hydrogen (secondary N) is 1. The Kier molecular flexibility index (Phi) is 5.93. The van der Waals surface area contributed by atoms with Crippen LogP contribution >= 0.6 is 0 Å². The van der Waals surface area contributed by atoms with Crippen LogP contribution in [0.5, 0.6) is 11.5 Å². The lowest BCUT2D eigenvalue weighted by Gasteiger charge is -2.10. The third kappa shape index (κ3) is 4.07. The minimum Gasteiger partial charge on any atom is -0.493 e. The van der Waals surface area contributed by atoms with Gasteiger partial charge in [-0.1, -0.05) is 23.8 Å². The van der Waals surface area contributed by atoms with Gasteiger partial charge in [0.05, 0.1) is 25.4 Å². The smallest absolute Gasteiger partial charge is 0.335 e. The number of nitrogens with zero attached hydrogens (tertiary/aromatic N) is 3. The number of benzene rings is 2. The van der Waals surface area contributed by atoms with Crippen molar-refractivity contribution < 1.29 is 14.3 Å². The van der Waals surface area contributed by atoms with Crippen molar-refractivity contribution in [1.82, 2.24) is 19.4 Å². The molecule has 32 heavy (non-hydrogen) atoms. The van der Waals surface area contributed by atoms with E-state index in [9.17, 15) is 9.59 Å². The lowest BCUT2D eigenvalue weighted by atomic mass is 10.2. The van der Waals surface area contributed by atoms with E-state index in [0.29, 0.717) is 34.9 Å². The van der Waals surface area contributed by atoms with Crippen molar-refractivity contribution in [2.24, 2.45) is 0 Å². The Labute approximate surface area is 185 Å². The molecule has 1 N–H and O–H groups in total. The Bertz CT molecular complexity index is 1320. The van der Waals surface area contributed by atoms with E-state index in [1.54, 1.807) is 44.7 Å². The molecular formula is C24H24N4O4. The van der Waals surface area contributed by atoms with Gasteiger partial charge in [0, 0.05) is 12.7 Å². The monoisotopic (exact) mass is 432 g/mol. The summed E-state index contributed by atoms with van der Waals surface area (Å²) in [6.45, 7) is 2.16. The summed E-state index contributed by atoms with van der Waals surface area (Å²) in [5, 5.41) is 2.86. The highest BCUT2D eigenvalue weighted by atomic mass is 16.5. The van der Waals surface area contributed by atoms with Gasteiger partial charge in [-0.15, -0.1) is 0 Å². The summed E-state index contributed by atoms with van der Waals surface area (Å²) in [5.41, 5.74) is 3.44. The molecule has 1 amide bonds. The van der Waals surface area contributed by atoms with Gasteiger partial charge in [0.15, 0.2) is 17.1 Å². The quantitative estimate of drug-likeness (QED) is 0.485. The van der Waals surface area contributed by atoms with Crippen LogP contribution in [-0.2, 0) is 17.9 Å². The molecule has 8 heteroatoms. The van der Waals surface area contributed by atoms with Crippen molar-refractivity contribution in [2.45, 2.75) is 20.0 Å². The molecule has 4 rings (SSSR count). The maximum absolute atomic E-state index is 13.2. The molecule has 0 aliphatic heterocycles. The highest BCUT2D eigenvalue weighted by molar-refractivity contribution is 5.80. The van der Waals surface area contributed by atoms with Crippen LogP contribution in [-0.4, -0.2) is 34.2 Å². The van der Waals surface area contributed by atoms with Crippen LogP contribution in [0.3, 0.4) is 0 Å². The molecule has 164 valence electrons. The minimum atomic E-state index is -0.316. The summed E-state index contributed by atoms with van der Waals surface area (Å²) >= 11 is 0.